The maximum absolute atomic E-state index is 13.1. The molecule has 1 heterocycles. The summed E-state index contributed by atoms with van der Waals surface area (Å²) in [6, 6.07) is 11.4. The van der Waals surface area contributed by atoms with Crippen LogP contribution in [-0.2, 0) is 0 Å². The second-order valence-corrected chi connectivity index (χ2v) is 6.47. The molecule has 3 rings (SSSR count). The second-order valence-electron chi connectivity index (χ2n) is 6.47. The molecule has 0 saturated heterocycles. The highest BCUT2D eigenvalue weighted by atomic mass is 19.1. The molecule has 5 nitrogen and oxygen atoms in total. The third kappa shape index (κ3) is 3.84. The number of nitrogens with one attached hydrogen (secondary N) is 1. The number of benzene rings is 2. The maximum atomic E-state index is 13.1. The number of nitrogens with zero attached hydrogens (tertiary/aromatic N) is 2. The highest BCUT2D eigenvalue weighted by Crippen LogP contribution is 2.23. The summed E-state index contributed by atoms with van der Waals surface area (Å²) in [5, 5.41) is 7.38. The van der Waals surface area contributed by atoms with Crippen LogP contribution in [0, 0.1) is 19.7 Å². The first-order valence-corrected chi connectivity index (χ1v) is 8.66. The number of hydrogen-bond donors (Lipinski definition) is 1. The number of aromatic nitrogens is 2. The van der Waals surface area contributed by atoms with Crippen molar-refractivity contribution in [2.75, 3.05) is 7.11 Å². The molecule has 27 heavy (non-hydrogen) atoms. The van der Waals surface area contributed by atoms with E-state index in [4.69, 9.17) is 4.74 Å². The number of hydrogen-bond acceptors (Lipinski definition) is 3. The van der Waals surface area contributed by atoms with Crippen molar-refractivity contribution in [3.05, 3.63) is 76.9 Å². The van der Waals surface area contributed by atoms with Gasteiger partial charge < -0.3 is 10.1 Å². The molecule has 3 aromatic rings. The number of rotatable bonds is 5. The topological polar surface area (TPSA) is 56.1 Å². The van der Waals surface area contributed by atoms with E-state index in [0.29, 0.717) is 11.3 Å². The van der Waals surface area contributed by atoms with Crippen LogP contribution in [0.1, 0.15) is 40.1 Å². The molecule has 0 fully saturated rings. The number of halogens is 1. The summed E-state index contributed by atoms with van der Waals surface area (Å²) in [5.41, 5.74) is 4.01. The fourth-order valence-electron chi connectivity index (χ4n) is 3.04. The normalized spacial score (nSPS) is 11.9. The van der Waals surface area contributed by atoms with Crippen LogP contribution in [0.4, 0.5) is 4.39 Å². The molecule has 1 unspecified atom stereocenters. The Balaban J connectivity index is 1.83. The van der Waals surface area contributed by atoms with Gasteiger partial charge in [-0.15, -0.1) is 0 Å². The van der Waals surface area contributed by atoms with E-state index >= 15 is 0 Å². The molecule has 0 saturated carbocycles. The Morgan fingerprint density at radius 1 is 1.19 bits per heavy atom. The van der Waals surface area contributed by atoms with Gasteiger partial charge in [-0.3, -0.25) is 4.79 Å². The fraction of sp³-hybridized carbons (Fsp3) is 0.238. The van der Waals surface area contributed by atoms with E-state index < -0.39 is 0 Å². The van der Waals surface area contributed by atoms with Crippen molar-refractivity contribution in [2.24, 2.45) is 0 Å². The average molecular weight is 367 g/mol. The Labute approximate surface area is 157 Å². The van der Waals surface area contributed by atoms with Crippen LogP contribution < -0.4 is 10.1 Å². The van der Waals surface area contributed by atoms with Gasteiger partial charge in [0.25, 0.3) is 5.91 Å². The smallest absolute Gasteiger partial charge is 0.255 e. The summed E-state index contributed by atoms with van der Waals surface area (Å²) < 4.78 is 20.2. The van der Waals surface area contributed by atoms with Crippen LogP contribution in [0.25, 0.3) is 5.69 Å². The molecule has 1 aromatic heterocycles. The van der Waals surface area contributed by atoms with E-state index in [-0.39, 0.29) is 17.8 Å². The van der Waals surface area contributed by atoms with E-state index in [9.17, 15) is 9.18 Å². The number of carbonyl (C=O) groups is 1. The predicted molar refractivity (Wildman–Crippen MR) is 102 cm³/mol. The van der Waals surface area contributed by atoms with Crippen LogP contribution >= 0.6 is 0 Å². The molecule has 0 spiro atoms. The van der Waals surface area contributed by atoms with Crippen LogP contribution in [0.5, 0.6) is 5.75 Å². The number of amides is 1. The molecule has 0 radical (unpaired) electrons. The van der Waals surface area contributed by atoms with Crippen LogP contribution in [0.15, 0.2) is 48.7 Å². The lowest BCUT2D eigenvalue weighted by atomic mass is 10.1. The summed E-state index contributed by atoms with van der Waals surface area (Å²) in [4.78, 5) is 12.7. The third-order valence-corrected chi connectivity index (χ3v) is 4.53. The molecule has 1 N–H and O–H groups in total. The van der Waals surface area contributed by atoms with Crippen molar-refractivity contribution in [3.63, 3.8) is 0 Å². The third-order valence-electron chi connectivity index (χ3n) is 4.53. The Morgan fingerprint density at radius 3 is 2.56 bits per heavy atom. The van der Waals surface area contributed by atoms with Crippen molar-refractivity contribution >= 4 is 5.91 Å². The monoisotopic (exact) mass is 367 g/mol. The van der Waals surface area contributed by atoms with Gasteiger partial charge in [-0.25, -0.2) is 9.07 Å². The van der Waals surface area contributed by atoms with Crippen molar-refractivity contribution in [2.45, 2.75) is 26.8 Å². The zero-order valence-electron chi connectivity index (χ0n) is 15.8. The Kier molecular flexibility index (Phi) is 5.26. The molecular formula is C21H22FN3O2. The first-order valence-electron chi connectivity index (χ1n) is 8.66. The molecule has 0 aliphatic rings. The minimum atomic E-state index is -0.295. The largest absolute Gasteiger partial charge is 0.496 e. The van der Waals surface area contributed by atoms with Crippen LogP contribution in [0.2, 0.25) is 0 Å². The van der Waals surface area contributed by atoms with Gasteiger partial charge in [0.05, 0.1) is 30.6 Å². The molecule has 0 bridgehead atoms. The van der Waals surface area contributed by atoms with Crippen LogP contribution in [-0.4, -0.2) is 22.8 Å². The summed E-state index contributed by atoms with van der Waals surface area (Å²) in [7, 11) is 1.54. The molecule has 2 aromatic carbocycles. The van der Waals surface area contributed by atoms with Gasteiger partial charge in [0.1, 0.15) is 11.6 Å². The standard InChI is InChI=1S/C21H22FN3O2/c1-13-5-10-20(27-4)18(11-13)21(26)24-14(2)19-12-23-25(15(19)3)17-8-6-16(22)7-9-17/h5-12,14H,1-4H3,(H,24,26). The van der Waals surface area contributed by atoms with Gasteiger partial charge in [0.2, 0.25) is 0 Å². The highest BCUT2D eigenvalue weighted by molar-refractivity contribution is 5.97. The van der Waals surface area contributed by atoms with E-state index in [1.165, 1.54) is 12.1 Å². The van der Waals surface area contributed by atoms with Crippen molar-refractivity contribution in [1.29, 1.82) is 0 Å². The van der Waals surface area contributed by atoms with Crippen LogP contribution in [0.3, 0.4) is 0 Å². The lowest BCUT2D eigenvalue weighted by Gasteiger charge is -2.16. The first kappa shape index (κ1) is 18.6. The minimum Gasteiger partial charge on any atom is -0.496 e. The Hall–Kier alpha value is -3.15. The van der Waals surface area contributed by atoms with E-state index in [0.717, 1.165) is 22.5 Å². The Bertz CT molecular complexity index is 964. The zero-order chi connectivity index (χ0) is 19.6. The van der Waals surface area contributed by atoms with Gasteiger partial charge in [0.15, 0.2) is 0 Å². The van der Waals surface area contributed by atoms with Crippen molar-refractivity contribution in [1.82, 2.24) is 15.1 Å². The maximum Gasteiger partial charge on any atom is 0.255 e. The highest BCUT2D eigenvalue weighted by Gasteiger charge is 2.19. The summed E-state index contributed by atoms with van der Waals surface area (Å²) in [6.45, 7) is 5.75. The molecule has 6 heteroatoms. The van der Waals surface area contributed by atoms with Crippen molar-refractivity contribution < 1.29 is 13.9 Å². The molecule has 140 valence electrons. The molecule has 1 amide bonds. The summed E-state index contributed by atoms with van der Waals surface area (Å²) in [6.07, 6.45) is 1.72. The first-order chi connectivity index (χ1) is 12.9. The quantitative estimate of drug-likeness (QED) is 0.738. The van der Waals surface area contributed by atoms with E-state index in [2.05, 4.69) is 10.4 Å². The lowest BCUT2D eigenvalue weighted by Crippen LogP contribution is -2.27. The fourth-order valence-corrected chi connectivity index (χ4v) is 3.04. The van der Waals surface area contributed by atoms with Crippen molar-refractivity contribution in [3.8, 4) is 11.4 Å². The Morgan fingerprint density at radius 2 is 1.89 bits per heavy atom. The number of methoxy groups -OCH3 is 1. The molecular weight excluding hydrogens is 345 g/mol. The van der Waals surface area contributed by atoms with E-state index in [1.807, 2.05) is 26.8 Å². The van der Waals surface area contributed by atoms with Gasteiger partial charge >= 0.3 is 0 Å². The molecule has 0 aliphatic heterocycles. The van der Waals surface area contributed by atoms with Gasteiger partial charge in [-0.05, 0) is 57.2 Å². The molecule has 0 aliphatic carbocycles. The lowest BCUT2D eigenvalue weighted by molar-refractivity contribution is 0.0936. The summed E-state index contributed by atoms with van der Waals surface area (Å²) in [5.74, 6) is 0.0255. The van der Waals surface area contributed by atoms with Gasteiger partial charge in [-0.1, -0.05) is 11.6 Å². The summed E-state index contributed by atoms with van der Waals surface area (Å²) >= 11 is 0. The predicted octanol–water partition coefficient (Wildman–Crippen LogP) is 4.13. The number of ether oxygens (including phenoxy) is 1. The second kappa shape index (κ2) is 7.61. The SMILES string of the molecule is COc1ccc(C)cc1C(=O)NC(C)c1cnn(-c2ccc(F)cc2)c1C. The average Bonchev–Trinajstić information content (AvgIpc) is 3.04. The van der Waals surface area contributed by atoms with Gasteiger partial charge in [-0.2, -0.15) is 5.10 Å². The number of aryl methyl sites for hydroxylation is 1. The van der Waals surface area contributed by atoms with Gasteiger partial charge in [0, 0.05) is 11.3 Å². The number of carbonyl (C=O) groups excluding carboxylic acids is 1. The van der Waals surface area contributed by atoms with E-state index in [1.54, 1.807) is 42.3 Å². The minimum absolute atomic E-state index is 0.211. The zero-order valence-corrected chi connectivity index (χ0v) is 15.8. The molecule has 1 atom stereocenters.